The first-order valence-corrected chi connectivity index (χ1v) is 5.96. The normalized spacial score (nSPS) is 11.4. The van der Waals surface area contributed by atoms with Crippen LogP contribution in [0.5, 0.6) is 5.75 Å². The molecule has 2 rings (SSSR count). The minimum Gasteiger partial charge on any atom is -0.495 e. The zero-order valence-electron chi connectivity index (χ0n) is 10.9. The summed E-state index contributed by atoms with van der Waals surface area (Å²) in [5.74, 6) is 0.711. The highest BCUT2D eigenvalue weighted by molar-refractivity contribution is 5.58. The number of nitrogens with zero attached hydrogens (tertiary/aromatic N) is 2. The smallest absolute Gasteiger partial charge is 0.141 e. The summed E-state index contributed by atoms with van der Waals surface area (Å²) in [5, 5.41) is 12.5. The maximum absolute atomic E-state index is 9.29. The van der Waals surface area contributed by atoms with Gasteiger partial charge in [-0.1, -0.05) is 18.2 Å². The van der Waals surface area contributed by atoms with E-state index in [-0.39, 0.29) is 0 Å². The molecule has 1 aromatic carbocycles. The fraction of sp³-hybridized carbons (Fsp3) is 0.200. The molecule has 0 aliphatic heterocycles. The Morgan fingerprint density at radius 3 is 2.68 bits per heavy atom. The number of nitrogens with one attached hydrogen (secondary N) is 1. The molecule has 1 unspecified atom stereocenters. The average Bonchev–Trinajstić information content (AvgIpc) is 2.46. The molecule has 4 heteroatoms. The Morgan fingerprint density at radius 2 is 2.05 bits per heavy atom. The van der Waals surface area contributed by atoms with E-state index in [2.05, 4.69) is 16.4 Å². The molecule has 0 fully saturated rings. The zero-order valence-corrected chi connectivity index (χ0v) is 10.9. The van der Waals surface area contributed by atoms with E-state index in [0.29, 0.717) is 5.75 Å². The third-order valence-electron chi connectivity index (χ3n) is 2.80. The van der Waals surface area contributed by atoms with E-state index >= 15 is 0 Å². The van der Waals surface area contributed by atoms with Gasteiger partial charge < -0.3 is 10.1 Å². The van der Waals surface area contributed by atoms with Crippen LogP contribution in [-0.2, 0) is 0 Å². The van der Waals surface area contributed by atoms with Crippen molar-refractivity contribution >= 4 is 5.69 Å². The van der Waals surface area contributed by atoms with E-state index in [4.69, 9.17) is 4.74 Å². The van der Waals surface area contributed by atoms with Gasteiger partial charge in [0, 0.05) is 17.5 Å². The van der Waals surface area contributed by atoms with Gasteiger partial charge in [0.25, 0.3) is 0 Å². The number of anilines is 1. The second kappa shape index (κ2) is 5.87. The van der Waals surface area contributed by atoms with E-state index in [1.165, 1.54) is 0 Å². The van der Waals surface area contributed by atoms with Gasteiger partial charge in [-0.15, -0.1) is 0 Å². The Bertz CT molecular complexity index is 587. The summed E-state index contributed by atoms with van der Waals surface area (Å²) in [7, 11) is 1.61. The predicted molar refractivity (Wildman–Crippen MR) is 73.9 cm³/mol. The average molecular weight is 253 g/mol. The molecule has 0 spiro atoms. The number of hydrogen-bond acceptors (Lipinski definition) is 4. The topological polar surface area (TPSA) is 57.9 Å². The predicted octanol–water partition coefficient (Wildman–Crippen LogP) is 3.08. The number of aryl methyl sites for hydroxylation is 1. The van der Waals surface area contributed by atoms with Crippen LogP contribution in [0.4, 0.5) is 5.69 Å². The lowest BCUT2D eigenvalue weighted by Crippen LogP contribution is -2.09. The van der Waals surface area contributed by atoms with Crippen LogP contribution >= 0.6 is 0 Å². The molecule has 0 bridgehead atoms. The molecule has 0 aliphatic carbocycles. The number of aromatic nitrogens is 1. The highest BCUT2D eigenvalue weighted by Gasteiger charge is 2.12. The van der Waals surface area contributed by atoms with Gasteiger partial charge in [0.05, 0.1) is 18.9 Å². The maximum atomic E-state index is 9.29. The SMILES string of the molecule is COc1ccccc1NC(C#N)c1ccc(C)nc1. The summed E-state index contributed by atoms with van der Waals surface area (Å²) in [6, 6.07) is 13.1. The van der Waals surface area contributed by atoms with E-state index in [0.717, 1.165) is 16.9 Å². The molecule has 1 aromatic heterocycles. The molecular weight excluding hydrogens is 238 g/mol. The number of pyridine rings is 1. The van der Waals surface area contributed by atoms with Crippen molar-refractivity contribution in [3.8, 4) is 11.8 Å². The molecule has 4 nitrogen and oxygen atoms in total. The molecule has 0 aliphatic rings. The van der Waals surface area contributed by atoms with Crippen molar-refractivity contribution in [2.24, 2.45) is 0 Å². The van der Waals surface area contributed by atoms with E-state index in [9.17, 15) is 5.26 Å². The quantitative estimate of drug-likeness (QED) is 0.909. The molecule has 0 saturated heterocycles. The third kappa shape index (κ3) is 3.02. The van der Waals surface area contributed by atoms with Gasteiger partial charge in [0.2, 0.25) is 0 Å². The Kier molecular flexibility index (Phi) is 3.99. The van der Waals surface area contributed by atoms with Crippen molar-refractivity contribution in [3.63, 3.8) is 0 Å². The first-order chi connectivity index (χ1) is 9.24. The molecule has 0 radical (unpaired) electrons. The van der Waals surface area contributed by atoms with Crippen LogP contribution in [-0.4, -0.2) is 12.1 Å². The minimum absolute atomic E-state index is 0.454. The first-order valence-electron chi connectivity index (χ1n) is 5.96. The molecule has 1 atom stereocenters. The molecule has 1 heterocycles. The number of hydrogen-bond donors (Lipinski definition) is 1. The summed E-state index contributed by atoms with van der Waals surface area (Å²) >= 11 is 0. The van der Waals surface area contributed by atoms with Gasteiger partial charge in [-0.25, -0.2) is 0 Å². The fourth-order valence-corrected chi connectivity index (χ4v) is 1.76. The zero-order chi connectivity index (χ0) is 13.7. The third-order valence-corrected chi connectivity index (χ3v) is 2.80. The van der Waals surface area contributed by atoms with Crippen LogP contribution in [0.15, 0.2) is 42.6 Å². The van der Waals surface area contributed by atoms with Crippen LogP contribution in [0.2, 0.25) is 0 Å². The molecule has 0 saturated carbocycles. The number of benzene rings is 1. The maximum Gasteiger partial charge on any atom is 0.141 e. The number of ether oxygens (including phenoxy) is 1. The van der Waals surface area contributed by atoms with Gasteiger partial charge in [-0.3, -0.25) is 4.98 Å². The van der Waals surface area contributed by atoms with Crippen LogP contribution < -0.4 is 10.1 Å². The Hall–Kier alpha value is -2.54. The summed E-state index contributed by atoms with van der Waals surface area (Å²) in [6.07, 6.45) is 1.71. The number of para-hydroxylation sites is 2. The monoisotopic (exact) mass is 253 g/mol. The second-order valence-corrected chi connectivity index (χ2v) is 4.14. The fourth-order valence-electron chi connectivity index (χ4n) is 1.76. The largest absolute Gasteiger partial charge is 0.495 e. The number of nitriles is 1. The van der Waals surface area contributed by atoms with Crippen LogP contribution in [0, 0.1) is 18.3 Å². The van der Waals surface area contributed by atoms with Crippen molar-refractivity contribution in [1.82, 2.24) is 4.98 Å². The van der Waals surface area contributed by atoms with Crippen LogP contribution in [0.3, 0.4) is 0 Å². The highest BCUT2D eigenvalue weighted by atomic mass is 16.5. The van der Waals surface area contributed by atoms with Crippen molar-refractivity contribution in [2.45, 2.75) is 13.0 Å². The van der Waals surface area contributed by atoms with Gasteiger partial charge in [0.1, 0.15) is 11.8 Å². The van der Waals surface area contributed by atoms with Crippen molar-refractivity contribution < 1.29 is 4.74 Å². The van der Waals surface area contributed by atoms with Crippen LogP contribution in [0.25, 0.3) is 0 Å². The Balaban J connectivity index is 2.24. The lowest BCUT2D eigenvalue weighted by atomic mass is 10.1. The van der Waals surface area contributed by atoms with Crippen molar-refractivity contribution in [2.75, 3.05) is 12.4 Å². The summed E-state index contributed by atoms with van der Waals surface area (Å²) in [5.41, 5.74) is 2.55. The van der Waals surface area contributed by atoms with E-state index in [1.807, 2.05) is 43.3 Å². The van der Waals surface area contributed by atoms with Gasteiger partial charge in [-0.2, -0.15) is 5.26 Å². The summed E-state index contributed by atoms with van der Waals surface area (Å²) in [4.78, 5) is 4.21. The molecule has 19 heavy (non-hydrogen) atoms. The first kappa shape index (κ1) is 12.9. The van der Waals surface area contributed by atoms with Gasteiger partial charge >= 0.3 is 0 Å². The molecule has 0 amide bonds. The van der Waals surface area contributed by atoms with E-state index < -0.39 is 6.04 Å². The molecule has 1 N–H and O–H groups in total. The summed E-state index contributed by atoms with van der Waals surface area (Å²) in [6.45, 7) is 1.92. The van der Waals surface area contributed by atoms with E-state index in [1.54, 1.807) is 13.3 Å². The standard InChI is InChI=1S/C15H15N3O/c1-11-7-8-12(10-17-11)14(9-16)18-13-5-3-4-6-15(13)19-2/h3-8,10,14,18H,1-2H3. The highest BCUT2D eigenvalue weighted by Crippen LogP contribution is 2.27. The van der Waals surface area contributed by atoms with Crippen molar-refractivity contribution in [1.29, 1.82) is 5.26 Å². The number of rotatable bonds is 4. The lowest BCUT2D eigenvalue weighted by Gasteiger charge is -2.15. The van der Waals surface area contributed by atoms with Gasteiger partial charge in [-0.05, 0) is 25.1 Å². The number of methoxy groups -OCH3 is 1. The minimum atomic E-state index is -0.454. The lowest BCUT2D eigenvalue weighted by molar-refractivity contribution is 0.416. The van der Waals surface area contributed by atoms with Gasteiger partial charge in [0.15, 0.2) is 0 Å². The molecule has 2 aromatic rings. The second-order valence-electron chi connectivity index (χ2n) is 4.14. The Labute approximate surface area is 112 Å². The molecule has 96 valence electrons. The molecular formula is C15H15N3O. The summed E-state index contributed by atoms with van der Waals surface area (Å²) < 4.78 is 5.26. The van der Waals surface area contributed by atoms with Crippen molar-refractivity contribution in [3.05, 3.63) is 53.9 Å². The van der Waals surface area contributed by atoms with Crippen LogP contribution in [0.1, 0.15) is 17.3 Å². The Morgan fingerprint density at radius 1 is 1.26 bits per heavy atom.